The summed E-state index contributed by atoms with van der Waals surface area (Å²) in [6.45, 7) is 9.26. The quantitative estimate of drug-likeness (QED) is 0.749. The van der Waals surface area contributed by atoms with Gasteiger partial charge in [-0.25, -0.2) is 0 Å². The fourth-order valence-electron chi connectivity index (χ4n) is 2.56. The minimum atomic E-state index is 0.657. The van der Waals surface area contributed by atoms with E-state index in [0.717, 1.165) is 18.5 Å². The van der Waals surface area contributed by atoms with Crippen molar-refractivity contribution in [3.05, 3.63) is 0 Å². The molecule has 1 saturated carbocycles. The lowest BCUT2D eigenvalue weighted by molar-refractivity contribution is 0.215. The first-order valence-electron chi connectivity index (χ1n) is 7.03. The van der Waals surface area contributed by atoms with E-state index < -0.39 is 0 Å². The van der Waals surface area contributed by atoms with Crippen LogP contribution in [-0.2, 0) is 0 Å². The molecule has 1 N–H and O–H groups in total. The van der Waals surface area contributed by atoms with Crippen LogP contribution in [0.2, 0.25) is 0 Å². The summed E-state index contributed by atoms with van der Waals surface area (Å²) in [6, 6.07) is 1.45. The highest BCUT2D eigenvalue weighted by molar-refractivity contribution is 4.75. The van der Waals surface area contributed by atoms with Crippen LogP contribution in [0.3, 0.4) is 0 Å². The van der Waals surface area contributed by atoms with Gasteiger partial charge in [-0.15, -0.1) is 0 Å². The van der Waals surface area contributed by atoms with E-state index in [1.807, 2.05) is 0 Å². The molecule has 96 valence electrons. The van der Waals surface area contributed by atoms with Gasteiger partial charge in [-0.05, 0) is 32.7 Å². The third-order valence-electron chi connectivity index (χ3n) is 3.71. The maximum atomic E-state index is 3.73. The fraction of sp³-hybridized carbons (Fsp3) is 1.00. The van der Waals surface area contributed by atoms with E-state index >= 15 is 0 Å². The van der Waals surface area contributed by atoms with Crippen LogP contribution in [0.4, 0.5) is 0 Å². The van der Waals surface area contributed by atoms with Crippen LogP contribution in [0.25, 0.3) is 0 Å². The van der Waals surface area contributed by atoms with Crippen molar-refractivity contribution < 1.29 is 0 Å². The molecule has 1 unspecified atom stereocenters. The predicted molar refractivity (Wildman–Crippen MR) is 71.8 cm³/mol. The SMILES string of the molecule is CC(C)CN(C)C(C)CNC1CCCCC1. The van der Waals surface area contributed by atoms with Gasteiger partial charge in [0.1, 0.15) is 0 Å². The third-order valence-corrected chi connectivity index (χ3v) is 3.71. The predicted octanol–water partition coefficient (Wildman–Crippen LogP) is 2.89. The van der Waals surface area contributed by atoms with Crippen LogP contribution < -0.4 is 5.32 Å². The van der Waals surface area contributed by atoms with Gasteiger partial charge in [-0.3, -0.25) is 0 Å². The van der Waals surface area contributed by atoms with E-state index in [0.29, 0.717) is 6.04 Å². The van der Waals surface area contributed by atoms with Crippen molar-refractivity contribution in [2.45, 2.75) is 65.0 Å². The second kappa shape index (κ2) is 7.29. The summed E-state index contributed by atoms with van der Waals surface area (Å²) in [7, 11) is 2.24. The fourth-order valence-corrected chi connectivity index (χ4v) is 2.56. The first-order valence-corrected chi connectivity index (χ1v) is 7.03. The Balaban J connectivity index is 2.15. The Kier molecular flexibility index (Phi) is 6.37. The molecule has 0 aliphatic heterocycles. The molecule has 2 heteroatoms. The molecule has 16 heavy (non-hydrogen) atoms. The zero-order valence-electron chi connectivity index (χ0n) is 11.6. The number of nitrogens with one attached hydrogen (secondary N) is 1. The molecule has 0 saturated heterocycles. The van der Waals surface area contributed by atoms with E-state index in [1.54, 1.807) is 0 Å². The topological polar surface area (TPSA) is 15.3 Å². The van der Waals surface area contributed by atoms with E-state index in [9.17, 15) is 0 Å². The standard InChI is InChI=1S/C14H30N2/c1-12(2)11-16(4)13(3)10-15-14-8-6-5-7-9-14/h12-15H,5-11H2,1-4H3. The summed E-state index contributed by atoms with van der Waals surface area (Å²) in [5.74, 6) is 0.766. The molecule has 0 aromatic rings. The van der Waals surface area contributed by atoms with Crippen molar-refractivity contribution in [2.75, 3.05) is 20.1 Å². The van der Waals surface area contributed by atoms with Crippen LogP contribution in [0.15, 0.2) is 0 Å². The second-order valence-electron chi connectivity index (χ2n) is 5.93. The minimum absolute atomic E-state index is 0.657. The Morgan fingerprint density at radius 3 is 2.31 bits per heavy atom. The van der Waals surface area contributed by atoms with Crippen LogP contribution in [0.1, 0.15) is 52.9 Å². The Morgan fingerprint density at radius 2 is 1.75 bits per heavy atom. The highest BCUT2D eigenvalue weighted by Gasteiger charge is 2.15. The van der Waals surface area contributed by atoms with Gasteiger partial charge in [0.25, 0.3) is 0 Å². The lowest BCUT2D eigenvalue weighted by Crippen LogP contribution is -2.43. The third kappa shape index (κ3) is 5.31. The average molecular weight is 226 g/mol. The van der Waals surface area contributed by atoms with Crippen molar-refractivity contribution in [3.8, 4) is 0 Å². The van der Waals surface area contributed by atoms with E-state index in [1.165, 1.54) is 38.6 Å². The van der Waals surface area contributed by atoms with Gasteiger partial charge in [-0.2, -0.15) is 0 Å². The molecule has 0 spiro atoms. The van der Waals surface area contributed by atoms with Crippen molar-refractivity contribution in [3.63, 3.8) is 0 Å². The number of nitrogens with zero attached hydrogens (tertiary/aromatic N) is 1. The van der Waals surface area contributed by atoms with Crippen molar-refractivity contribution in [1.82, 2.24) is 10.2 Å². The van der Waals surface area contributed by atoms with Crippen LogP contribution >= 0.6 is 0 Å². The normalized spacial score (nSPS) is 20.6. The van der Waals surface area contributed by atoms with E-state index in [2.05, 4.69) is 38.0 Å². The largest absolute Gasteiger partial charge is 0.312 e. The average Bonchev–Trinajstić information content (AvgIpc) is 2.26. The maximum absolute atomic E-state index is 3.73. The summed E-state index contributed by atoms with van der Waals surface area (Å²) < 4.78 is 0. The zero-order valence-corrected chi connectivity index (χ0v) is 11.6. The summed E-state index contributed by atoms with van der Waals surface area (Å²) in [5.41, 5.74) is 0. The van der Waals surface area contributed by atoms with Gasteiger partial charge in [0, 0.05) is 25.2 Å². The van der Waals surface area contributed by atoms with E-state index in [-0.39, 0.29) is 0 Å². The molecule has 1 aliphatic rings. The Hall–Kier alpha value is -0.0800. The zero-order chi connectivity index (χ0) is 12.0. The van der Waals surface area contributed by atoms with Crippen molar-refractivity contribution >= 4 is 0 Å². The van der Waals surface area contributed by atoms with Crippen LogP contribution in [0, 0.1) is 5.92 Å². The molecule has 1 rings (SSSR count). The van der Waals surface area contributed by atoms with Crippen LogP contribution in [0.5, 0.6) is 0 Å². The first-order chi connectivity index (χ1) is 7.59. The van der Waals surface area contributed by atoms with E-state index in [4.69, 9.17) is 0 Å². The van der Waals surface area contributed by atoms with Gasteiger partial charge in [0.2, 0.25) is 0 Å². The van der Waals surface area contributed by atoms with Gasteiger partial charge < -0.3 is 10.2 Å². The summed E-state index contributed by atoms with van der Waals surface area (Å²) in [6.07, 6.45) is 7.07. The minimum Gasteiger partial charge on any atom is -0.312 e. The second-order valence-corrected chi connectivity index (χ2v) is 5.93. The number of hydrogen-bond acceptors (Lipinski definition) is 2. The smallest absolute Gasteiger partial charge is 0.0189 e. The number of hydrogen-bond donors (Lipinski definition) is 1. The van der Waals surface area contributed by atoms with Crippen molar-refractivity contribution in [1.29, 1.82) is 0 Å². The summed E-state index contributed by atoms with van der Waals surface area (Å²) in [4.78, 5) is 2.47. The Labute approximate surface area is 102 Å². The van der Waals surface area contributed by atoms with Gasteiger partial charge >= 0.3 is 0 Å². The molecule has 0 heterocycles. The molecule has 2 nitrogen and oxygen atoms in total. The first kappa shape index (κ1) is 14.0. The molecular weight excluding hydrogens is 196 g/mol. The highest BCUT2D eigenvalue weighted by atomic mass is 15.1. The van der Waals surface area contributed by atoms with Gasteiger partial charge in [0.15, 0.2) is 0 Å². The monoisotopic (exact) mass is 226 g/mol. The van der Waals surface area contributed by atoms with Gasteiger partial charge in [-0.1, -0.05) is 33.1 Å². The summed E-state index contributed by atoms with van der Waals surface area (Å²) in [5, 5.41) is 3.73. The number of rotatable bonds is 6. The van der Waals surface area contributed by atoms with Crippen LogP contribution in [-0.4, -0.2) is 37.1 Å². The molecule has 0 radical (unpaired) electrons. The molecule has 1 atom stereocenters. The molecule has 0 bridgehead atoms. The molecule has 0 amide bonds. The molecule has 0 aromatic heterocycles. The highest BCUT2D eigenvalue weighted by Crippen LogP contribution is 2.17. The van der Waals surface area contributed by atoms with Gasteiger partial charge in [0.05, 0.1) is 0 Å². The lowest BCUT2D eigenvalue weighted by Gasteiger charge is -2.30. The maximum Gasteiger partial charge on any atom is 0.0189 e. The Bertz CT molecular complexity index is 174. The molecule has 0 aromatic carbocycles. The summed E-state index contributed by atoms with van der Waals surface area (Å²) >= 11 is 0. The molecule has 1 aliphatic carbocycles. The van der Waals surface area contributed by atoms with Crippen molar-refractivity contribution in [2.24, 2.45) is 5.92 Å². The molecular formula is C14H30N2. The molecule has 1 fully saturated rings. The number of likely N-dealkylation sites (N-methyl/N-ethyl adjacent to an activating group) is 1. The lowest BCUT2D eigenvalue weighted by atomic mass is 9.95. The Morgan fingerprint density at radius 1 is 1.12 bits per heavy atom.